The number of rotatable bonds is 5. The van der Waals surface area contributed by atoms with Crippen molar-refractivity contribution in [3.05, 3.63) is 48.8 Å². The lowest BCUT2D eigenvalue weighted by Crippen LogP contribution is -1.98. The molecule has 5 heteroatoms. The zero-order chi connectivity index (χ0) is 14.8. The van der Waals surface area contributed by atoms with E-state index in [-0.39, 0.29) is 0 Å². The lowest BCUT2D eigenvalue weighted by molar-refractivity contribution is 0.300. The molecule has 1 saturated carbocycles. The largest absolute Gasteiger partial charge is 0.493 e. The van der Waals surface area contributed by atoms with Gasteiger partial charge in [0.15, 0.2) is 0 Å². The maximum Gasteiger partial charge on any atom is 0.259 e. The van der Waals surface area contributed by atoms with E-state index >= 15 is 0 Å². The standard InChI is InChI=1S/C17H15N3O2/c1-2-14(10-18-9-1)17-19-16(20-22-17)13-5-7-15(8-6-13)21-11-12-3-4-12/h1-2,5-10,12H,3-4,11H2. The summed E-state index contributed by atoms with van der Waals surface area (Å²) in [6.07, 6.45) is 5.99. The van der Waals surface area contributed by atoms with Gasteiger partial charge in [-0.3, -0.25) is 4.98 Å². The molecule has 0 amide bonds. The van der Waals surface area contributed by atoms with E-state index in [1.807, 2.05) is 36.4 Å². The number of ether oxygens (including phenoxy) is 1. The molecular formula is C17H15N3O2. The topological polar surface area (TPSA) is 61.0 Å². The van der Waals surface area contributed by atoms with Crippen LogP contribution >= 0.6 is 0 Å². The van der Waals surface area contributed by atoms with Crippen LogP contribution in [0.25, 0.3) is 22.8 Å². The first-order chi connectivity index (χ1) is 10.9. The van der Waals surface area contributed by atoms with Crippen LogP contribution in [0.3, 0.4) is 0 Å². The quantitative estimate of drug-likeness (QED) is 0.719. The molecule has 110 valence electrons. The Morgan fingerprint density at radius 3 is 2.68 bits per heavy atom. The van der Waals surface area contributed by atoms with Gasteiger partial charge in [0.1, 0.15) is 5.75 Å². The molecule has 3 aromatic rings. The first-order valence-corrected chi connectivity index (χ1v) is 7.36. The predicted molar refractivity (Wildman–Crippen MR) is 81.2 cm³/mol. The van der Waals surface area contributed by atoms with Crippen molar-refractivity contribution in [1.29, 1.82) is 0 Å². The Morgan fingerprint density at radius 2 is 1.95 bits per heavy atom. The zero-order valence-electron chi connectivity index (χ0n) is 12.0. The van der Waals surface area contributed by atoms with Gasteiger partial charge in [0.25, 0.3) is 5.89 Å². The van der Waals surface area contributed by atoms with Crippen molar-refractivity contribution in [2.24, 2.45) is 5.92 Å². The number of hydrogen-bond acceptors (Lipinski definition) is 5. The second-order valence-electron chi connectivity index (χ2n) is 5.44. The molecular weight excluding hydrogens is 278 g/mol. The Morgan fingerprint density at radius 1 is 1.09 bits per heavy atom. The molecule has 2 aromatic heterocycles. The molecule has 0 N–H and O–H groups in total. The highest BCUT2D eigenvalue weighted by atomic mass is 16.5. The first-order valence-electron chi connectivity index (χ1n) is 7.36. The minimum atomic E-state index is 0.470. The van der Waals surface area contributed by atoms with Crippen molar-refractivity contribution in [2.45, 2.75) is 12.8 Å². The lowest BCUT2D eigenvalue weighted by Gasteiger charge is -2.04. The maximum atomic E-state index is 5.72. The molecule has 1 fully saturated rings. The summed E-state index contributed by atoms with van der Waals surface area (Å²) >= 11 is 0. The summed E-state index contributed by atoms with van der Waals surface area (Å²) in [7, 11) is 0. The number of aromatic nitrogens is 3. The van der Waals surface area contributed by atoms with Gasteiger partial charge in [0.05, 0.1) is 12.2 Å². The average molecular weight is 293 g/mol. The van der Waals surface area contributed by atoms with E-state index in [0.717, 1.165) is 29.4 Å². The van der Waals surface area contributed by atoms with Crippen molar-refractivity contribution in [1.82, 2.24) is 15.1 Å². The third-order valence-electron chi connectivity index (χ3n) is 3.63. The number of hydrogen-bond donors (Lipinski definition) is 0. The highest BCUT2D eigenvalue weighted by Gasteiger charge is 2.21. The summed E-state index contributed by atoms with van der Waals surface area (Å²) in [6, 6.07) is 11.5. The molecule has 0 radical (unpaired) electrons. The second-order valence-corrected chi connectivity index (χ2v) is 5.44. The van der Waals surface area contributed by atoms with Crippen LogP contribution in [0.2, 0.25) is 0 Å². The van der Waals surface area contributed by atoms with Gasteiger partial charge < -0.3 is 9.26 Å². The summed E-state index contributed by atoms with van der Waals surface area (Å²) in [6.45, 7) is 0.812. The van der Waals surface area contributed by atoms with Gasteiger partial charge in [0.2, 0.25) is 5.82 Å². The molecule has 5 nitrogen and oxygen atoms in total. The van der Waals surface area contributed by atoms with Gasteiger partial charge in [-0.1, -0.05) is 5.16 Å². The normalized spacial score (nSPS) is 14.0. The highest BCUT2D eigenvalue weighted by molar-refractivity contribution is 5.59. The fourth-order valence-corrected chi connectivity index (χ4v) is 2.15. The number of benzene rings is 1. The van der Waals surface area contributed by atoms with Crippen molar-refractivity contribution >= 4 is 0 Å². The minimum absolute atomic E-state index is 0.470. The summed E-state index contributed by atoms with van der Waals surface area (Å²) < 4.78 is 11.0. The molecule has 0 spiro atoms. The van der Waals surface area contributed by atoms with Gasteiger partial charge in [-0.25, -0.2) is 0 Å². The average Bonchev–Trinajstić information content (AvgIpc) is 3.28. The van der Waals surface area contributed by atoms with Crippen molar-refractivity contribution in [3.63, 3.8) is 0 Å². The van der Waals surface area contributed by atoms with Gasteiger partial charge in [-0.2, -0.15) is 4.98 Å². The second kappa shape index (κ2) is 5.60. The minimum Gasteiger partial charge on any atom is -0.493 e. The predicted octanol–water partition coefficient (Wildman–Crippen LogP) is 3.59. The summed E-state index contributed by atoms with van der Waals surface area (Å²) in [5, 5.41) is 4.02. The molecule has 1 aromatic carbocycles. The van der Waals surface area contributed by atoms with Gasteiger partial charge in [-0.05, 0) is 55.2 Å². The van der Waals surface area contributed by atoms with Gasteiger partial charge in [-0.15, -0.1) is 0 Å². The Bertz CT molecular complexity index is 749. The molecule has 0 aliphatic heterocycles. The van der Waals surface area contributed by atoms with E-state index in [2.05, 4.69) is 15.1 Å². The van der Waals surface area contributed by atoms with Crippen molar-refractivity contribution in [2.75, 3.05) is 6.61 Å². The van der Waals surface area contributed by atoms with Crippen molar-refractivity contribution in [3.8, 4) is 28.6 Å². The Kier molecular flexibility index (Phi) is 3.31. The van der Waals surface area contributed by atoms with E-state index in [9.17, 15) is 0 Å². The molecule has 0 unspecified atom stereocenters. The molecule has 2 heterocycles. The van der Waals surface area contributed by atoms with Gasteiger partial charge in [0, 0.05) is 18.0 Å². The Balaban J connectivity index is 1.50. The van der Waals surface area contributed by atoms with E-state index < -0.39 is 0 Å². The SMILES string of the molecule is c1cncc(-c2nc(-c3ccc(OCC4CC4)cc3)no2)c1. The van der Waals surface area contributed by atoms with Crippen LogP contribution in [-0.4, -0.2) is 21.7 Å². The molecule has 0 saturated heterocycles. The van der Waals surface area contributed by atoms with E-state index in [1.54, 1.807) is 12.4 Å². The zero-order valence-corrected chi connectivity index (χ0v) is 12.0. The fourth-order valence-electron chi connectivity index (χ4n) is 2.15. The highest BCUT2D eigenvalue weighted by Crippen LogP contribution is 2.30. The van der Waals surface area contributed by atoms with Crippen LogP contribution in [0.15, 0.2) is 53.3 Å². The van der Waals surface area contributed by atoms with E-state index in [0.29, 0.717) is 11.7 Å². The molecule has 1 aliphatic carbocycles. The van der Waals surface area contributed by atoms with E-state index in [4.69, 9.17) is 9.26 Å². The number of nitrogens with zero attached hydrogens (tertiary/aromatic N) is 3. The molecule has 4 rings (SSSR count). The fraction of sp³-hybridized carbons (Fsp3) is 0.235. The van der Waals surface area contributed by atoms with Gasteiger partial charge >= 0.3 is 0 Å². The summed E-state index contributed by atoms with van der Waals surface area (Å²) in [5.74, 6) is 2.66. The molecule has 0 bridgehead atoms. The van der Waals surface area contributed by atoms with Crippen LogP contribution < -0.4 is 4.74 Å². The molecule has 22 heavy (non-hydrogen) atoms. The first kappa shape index (κ1) is 13.0. The van der Waals surface area contributed by atoms with Crippen LogP contribution in [-0.2, 0) is 0 Å². The van der Waals surface area contributed by atoms with Crippen LogP contribution in [0, 0.1) is 5.92 Å². The molecule has 0 atom stereocenters. The summed E-state index contributed by atoms with van der Waals surface area (Å²) in [5.41, 5.74) is 1.71. The summed E-state index contributed by atoms with van der Waals surface area (Å²) in [4.78, 5) is 8.46. The Labute approximate surface area is 128 Å². The third kappa shape index (κ3) is 2.83. The maximum absolute atomic E-state index is 5.72. The number of pyridine rings is 1. The van der Waals surface area contributed by atoms with E-state index in [1.165, 1.54) is 12.8 Å². The van der Waals surface area contributed by atoms with Crippen LogP contribution in [0.5, 0.6) is 5.75 Å². The Hall–Kier alpha value is -2.69. The van der Waals surface area contributed by atoms with Crippen LogP contribution in [0.1, 0.15) is 12.8 Å². The third-order valence-corrected chi connectivity index (χ3v) is 3.63. The molecule has 1 aliphatic rings. The van der Waals surface area contributed by atoms with Crippen LogP contribution in [0.4, 0.5) is 0 Å². The van der Waals surface area contributed by atoms with Crippen molar-refractivity contribution < 1.29 is 9.26 Å². The smallest absolute Gasteiger partial charge is 0.259 e. The lowest BCUT2D eigenvalue weighted by atomic mass is 10.2. The monoisotopic (exact) mass is 293 g/mol.